The van der Waals surface area contributed by atoms with Gasteiger partial charge >= 0.3 is 0 Å². The number of hydrogen-bond acceptors (Lipinski definition) is 4. The number of amides is 2. The molecule has 5 nitrogen and oxygen atoms in total. The Bertz CT molecular complexity index is 762. The normalized spacial score (nSPS) is 17.3. The minimum absolute atomic E-state index is 0.0726. The summed E-state index contributed by atoms with van der Waals surface area (Å²) in [4.78, 5) is 30.9. The van der Waals surface area contributed by atoms with E-state index in [9.17, 15) is 9.59 Å². The monoisotopic (exact) mass is 363 g/mol. The zero-order chi connectivity index (χ0) is 17.1. The average molecular weight is 364 g/mol. The molecule has 1 aromatic carbocycles. The molecule has 0 aliphatic carbocycles. The van der Waals surface area contributed by atoms with Crippen LogP contribution in [0.2, 0.25) is 5.02 Å². The molecule has 126 valence electrons. The molecular formula is C17H18ClN3O2S. The van der Waals surface area contributed by atoms with Gasteiger partial charge in [0.2, 0.25) is 5.91 Å². The molecule has 0 bridgehead atoms. The Labute approximate surface area is 149 Å². The number of hydrogen-bond donors (Lipinski definition) is 1. The molecule has 1 aliphatic heterocycles. The Balaban J connectivity index is 1.54. The maximum atomic E-state index is 12.2. The van der Waals surface area contributed by atoms with Crippen LogP contribution in [-0.4, -0.2) is 40.8 Å². The molecule has 3 rings (SSSR count). The van der Waals surface area contributed by atoms with Crippen LogP contribution in [0.3, 0.4) is 0 Å². The number of thiazole rings is 1. The zero-order valence-electron chi connectivity index (χ0n) is 13.3. The number of aryl methyl sites for hydroxylation is 1. The van der Waals surface area contributed by atoms with E-state index in [1.54, 1.807) is 10.4 Å². The van der Waals surface area contributed by atoms with Gasteiger partial charge < -0.3 is 10.2 Å². The second kappa shape index (κ2) is 7.32. The summed E-state index contributed by atoms with van der Waals surface area (Å²) in [6.07, 6.45) is 1.10. The molecular weight excluding hydrogens is 346 g/mol. The fraction of sp³-hybridized carbons (Fsp3) is 0.353. The molecule has 1 aliphatic rings. The Morgan fingerprint density at radius 1 is 1.50 bits per heavy atom. The van der Waals surface area contributed by atoms with Gasteiger partial charge in [0.25, 0.3) is 5.91 Å². The Kier molecular flexibility index (Phi) is 5.16. The van der Waals surface area contributed by atoms with E-state index in [0.717, 1.165) is 17.7 Å². The molecule has 0 spiro atoms. The first-order valence-corrected chi connectivity index (χ1v) is 9.02. The average Bonchev–Trinajstić information content (AvgIpc) is 3.11. The number of likely N-dealkylation sites (tertiary alicyclic amines) is 1. The van der Waals surface area contributed by atoms with E-state index in [-0.39, 0.29) is 17.9 Å². The van der Waals surface area contributed by atoms with Gasteiger partial charge in [-0.25, -0.2) is 4.98 Å². The van der Waals surface area contributed by atoms with Crippen molar-refractivity contribution >= 4 is 34.8 Å². The molecule has 0 radical (unpaired) electrons. The number of rotatable bonds is 5. The van der Waals surface area contributed by atoms with Crippen molar-refractivity contribution in [3.8, 4) is 0 Å². The lowest BCUT2D eigenvalue weighted by Crippen LogP contribution is -2.37. The molecule has 2 amide bonds. The third-order valence-electron chi connectivity index (χ3n) is 4.06. The van der Waals surface area contributed by atoms with Crippen LogP contribution in [0.5, 0.6) is 0 Å². The fourth-order valence-electron chi connectivity index (χ4n) is 2.81. The third-order valence-corrected chi connectivity index (χ3v) is 5.22. The Hall–Kier alpha value is -1.92. The molecule has 1 fully saturated rings. The van der Waals surface area contributed by atoms with Gasteiger partial charge in [-0.15, -0.1) is 11.3 Å². The van der Waals surface area contributed by atoms with Gasteiger partial charge in [-0.1, -0.05) is 23.7 Å². The van der Waals surface area contributed by atoms with Crippen LogP contribution >= 0.6 is 22.9 Å². The van der Waals surface area contributed by atoms with Crippen molar-refractivity contribution in [2.75, 3.05) is 13.1 Å². The third kappa shape index (κ3) is 3.94. The molecule has 1 atom stereocenters. The second-order valence-corrected chi connectivity index (χ2v) is 7.15. The molecule has 1 aromatic heterocycles. The van der Waals surface area contributed by atoms with Crippen LogP contribution in [0.25, 0.3) is 0 Å². The van der Waals surface area contributed by atoms with Crippen molar-refractivity contribution < 1.29 is 9.59 Å². The summed E-state index contributed by atoms with van der Waals surface area (Å²) in [7, 11) is 0. The lowest BCUT2D eigenvalue weighted by Gasteiger charge is -2.17. The van der Waals surface area contributed by atoms with E-state index in [1.807, 2.05) is 31.2 Å². The Morgan fingerprint density at radius 2 is 2.33 bits per heavy atom. The topological polar surface area (TPSA) is 62.3 Å². The maximum Gasteiger partial charge on any atom is 0.263 e. The molecule has 7 heteroatoms. The summed E-state index contributed by atoms with van der Waals surface area (Å²) in [5.74, 6) is -0.0761. The number of aromatic nitrogens is 1. The van der Waals surface area contributed by atoms with Crippen LogP contribution in [0.1, 0.15) is 27.3 Å². The van der Waals surface area contributed by atoms with E-state index in [1.165, 1.54) is 11.3 Å². The number of carbonyl (C=O) groups excluding carboxylic acids is 2. The first kappa shape index (κ1) is 16.9. The van der Waals surface area contributed by atoms with Gasteiger partial charge in [-0.2, -0.15) is 0 Å². The SMILES string of the molecule is Cc1ncsc1C(=O)NC1CC(=O)N(CCc2cccc(Cl)c2)C1. The summed E-state index contributed by atoms with van der Waals surface area (Å²) in [6, 6.07) is 7.50. The van der Waals surface area contributed by atoms with Crippen molar-refractivity contribution in [3.05, 3.63) is 50.9 Å². The highest BCUT2D eigenvalue weighted by molar-refractivity contribution is 7.11. The molecule has 2 aromatic rings. The summed E-state index contributed by atoms with van der Waals surface area (Å²) in [6.45, 7) is 2.98. The molecule has 0 saturated carbocycles. The first-order chi connectivity index (χ1) is 11.5. The highest BCUT2D eigenvalue weighted by Crippen LogP contribution is 2.17. The van der Waals surface area contributed by atoms with E-state index in [2.05, 4.69) is 10.3 Å². The van der Waals surface area contributed by atoms with Gasteiger partial charge in [0, 0.05) is 24.5 Å². The van der Waals surface area contributed by atoms with Crippen molar-refractivity contribution in [3.63, 3.8) is 0 Å². The van der Waals surface area contributed by atoms with Crippen molar-refractivity contribution in [2.45, 2.75) is 25.8 Å². The lowest BCUT2D eigenvalue weighted by molar-refractivity contribution is -0.127. The van der Waals surface area contributed by atoms with Crippen LogP contribution in [-0.2, 0) is 11.2 Å². The summed E-state index contributed by atoms with van der Waals surface area (Å²) >= 11 is 7.30. The van der Waals surface area contributed by atoms with E-state index in [0.29, 0.717) is 29.4 Å². The van der Waals surface area contributed by atoms with Crippen LogP contribution in [0.4, 0.5) is 0 Å². The zero-order valence-corrected chi connectivity index (χ0v) is 14.9. The van der Waals surface area contributed by atoms with Crippen molar-refractivity contribution in [1.29, 1.82) is 0 Å². The van der Waals surface area contributed by atoms with E-state index in [4.69, 9.17) is 11.6 Å². The van der Waals surface area contributed by atoms with Gasteiger partial charge in [0.05, 0.1) is 17.2 Å². The van der Waals surface area contributed by atoms with E-state index < -0.39 is 0 Å². The second-order valence-electron chi connectivity index (χ2n) is 5.86. The highest BCUT2D eigenvalue weighted by atomic mass is 35.5. The van der Waals surface area contributed by atoms with Crippen LogP contribution in [0.15, 0.2) is 29.8 Å². The standard InChI is InChI=1S/C17H18ClN3O2S/c1-11-16(24-10-19-11)17(23)20-14-8-15(22)21(9-14)6-5-12-3-2-4-13(18)7-12/h2-4,7,10,14H,5-6,8-9H2,1H3,(H,20,23). The maximum absolute atomic E-state index is 12.2. The van der Waals surface area contributed by atoms with Crippen molar-refractivity contribution in [1.82, 2.24) is 15.2 Å². The van der Waals surface area contributed by atoms with Gasteiger partial charge in [-0.3, -0.25) is 9.59 Å². The Morgan fingerprint density at radius 3 is 3.04 bits per heavy atom. The number of carbonyl (C=O) groups is 2. The summed E-state index contributed by atoms with van der Waals surface area (Å²) < 4.78 is 0. The molecule has 24 heavy (non-hydrogen) atoms. The minimum Gasteiger partial charge on any atom is -0.346 e. The summed E-state index contributed by atoms with van der Waals surface area (Å²) in [5, 5.41) is 3.64. The number of nitrogens with one attached hydrogen (secondary N) is 1. The predicted octanol–water partition coefficient (Wildman–Crippen LogP) is 2.68. The van der Waals surface area contributed by atoms with Crippen LogP contribution < -0.4 is 5.32 Å². The summed E-state index contributed by atoms with van der Waals surface area (Å²) in [5.41, 5.74) is 3.48. The first-order valence-electron chi connectivity index (χ1n) is 7.76. The van der Waals surface area contributed by atoms with Gasteiger partial charge in [-0.05, 0) is 31.0 Å². The molecule has 1 N–H and O–H groups in total. The predicted molar refractivity (Wildman–Crippen MR) is 94.5 cm³/mol. The number of benzene rings is 1. The molecule has 2 heterocycles. The van der Waals surface area contributed by atoms with E-state index >= 15 is 0 Å². The highest BCUT2D eigenvalue weighted by Gasteiger charge is 2.30. The fourth-order valence-corrected chi connectivity index (χ4v) is 3.73. The number of nitrogens with zero attached hydrogens (tertiary/aromatic N) is 2. The van der Waals surface area contributed by atoms with Crippen LogP contribution in [0, 0.1) is 6.92 Å². The molecule has 1 unspecified atom stereocenters. The minimum atomic E-state index is -0.149. The molecule has 1 saturated heterocycles. The quantitative estimate of drug-likeness (QED) is 0.888. The largest absolute Gasteiger partial charge is 0.346 e. The number of halogens is 1. The van der Waals surface area contributed by atoms with Crippen molar-refractivity contribution in [2.24, 2.45) is 0 Å². The smallest absolute Gasteiger partial charge is 0.263 e. The van der Waals surface area contributed by atoms with Gasteiger partial charge in [0.1, 0.15) is 4.88 Å². The lowest BCUT2D eigenvalue weighted by atomic mass is 10.1. The van der Waals surface area contributed by atoms with Gasteiger partial charge in [0.15, 0.2) is 0 Å².